The van der Waals surface area contributed by atoms with Gasteiger partial charge in [-0.15, -0.1) is 0 Å². The molecule has 1 aromatic rings. The SMILES string of the molecule is Cc1ncccc1O[C@H]1CO[C@H]2[C@@H]1OC[C@@H]2NC(=O)NCC1COCCO1. The van der Waals surface area contributed by atoms with Crippen molar-refractivity contribution in [3.8, 4) is 5.75 Å². The zero-order valence-electron chi connectivity index (χ0n) is 15.3. The van der Waals surface area contributed by atoms with E-state index in [1.54, 1.807) is 6.20 Å². The molecule has 5 atom stereocenters. The minimum absolute atomic E-state index is 0.111. The van der Waals surface area contributed by atoms with Crippen LogP contribution in [0.5, 0.6) is 5.75 Å². The molecule has 9 heteroatoms. The number of carbonyl (C=O) groups excluding carboxylic acids is 1. The first kappa shape index (κ1) is 18.4. The highest BCUT2D eigenvalue weighted by atomic mass is 16.6. The van der Waals surface area contributed by atoms with Crippen molar-refractivity contribution < 1.29 is 28.5 Å². The van der Waals surface area contributed by atoms with Crippen molar-refractivity contribution in [2.45, 2.75) is 37.4 Å². The van der Waals surface area contributed by atoms with Gasteiger partial charge in [-0.1, -0.05) is 0 Å². The van der Waals surface area contributed by atoms with Gasteiger partial charge in [0, 0.05) is 12.7 Å². The Labute approximate surface area is 157 Å². The molecule has 0 saturated carbocycles. The lowest BCUT2D eigenvalue weighted by Crippen LogP contribution is -2.50. The first-order chi connectivity index (χ1) is 13.2. The maximum atomic E-state index is 12.2. The van der Waals surface area contributed by atoms with Crippen molar-refractivity contribution in [2.24, 2.45) is 0 Å². The molecule has 0 radical (unpaired) electrons. The molecule has 3 saturated heterocycles. The maximum absolute atomic E-state index is 12.2. The smallest absolute Gasteiger partial charge is 0.315 e. The first-order valence-electron chi connectivity index (χ1n) is 9.26. The lowest BCUT2D eigenvalue weighted by atomic mass is 10.1. The van der Waals surface area contributed by atoms with Crippen LogP contribution in [0, 0.1) is 6.92 Å². The van der Waals surface area contributed by atoms with E-state index in [-0.39, 0.29) is 36.5 Å². The van der Waals surface area contributed by atoms with E-state index in [1.165, 1.54) is 0 Å². The highest BCUT2D eigenvalue weighted by Gasteiger charge is 2.49. The number of fused-ring (bicyclic) bond motifs is 1. The standard InChI is InChI=1S/C18H25N3O6/c1-11-14(3-2-4-19-11)27-15-10-26-16-13(9-25-17(15)16)21-18(22)20-7-12-8-23-5-6-24-12/h2-4,12-13,15-17H,5-10H2,1H3,(H2,20,21,22)/t12?,13-,15-,16+,17+/m0/s1. The number of aromatic nitrogens is 1. The number of aryl methyl sites for hydroxylation is 1. The minimum Gasteiger partial charge on any atom is -0.483 e. The molecule has 148 valence electrons. The fourth-order valence-corrected chi connectivity index (χ4v) is 3.53. The molecule has 0 spiro atoms. The molecule has 0 aromatic carbocycles. The molecule has 0 bridgehead atoms. The Morgan fingerprint density at radius 3 is 2.93 bits per heavy atom. The molecule has 4 heterocycles. The Kier molecular flexibility index (Phi) is 5.72. The normalized spacial score (nSPS) is 32.7. The summed E-state index contributed by atoms with van der Waals surface area (Å²) in [6, 6.07) is 3.22. The summed E-state index contributed by atoms with van der Waals surface area (Å²) < 4.78 is 28.6. The van der Waals surface area contributed by atoms with Crippen molar-refractivity contribution in [1.29, 1.82) is 0 Å². The van der Waals surface area contributed by atoms with Crippen LogP contribution in [0.4, 0.5) is 4.79 Å². The molecule has 4 rings (SSSR count). The summed E-state index contributed by atoms with van der Waals surface area (Å²) in [6.07, 6.45) is 0.948. The number of hydrogen-bond donors (Lipinski definition) is 2. The summed E-state index contributed by atoms with van der Waals surface area (Å²) >= 11 is 0. The second-order valence-electron chi connectivity index (χ2n) is 6.87. The van der Waals surface area contributed by atoms with Gasteiger partial charge in [0.15, 0.2) is 6.10 Å². The Balaban J connectivity index is 1.26. The van der Waals surface area contributed by atoms with E-state index in [4.69, 9.17) is 23.7 Å². The van der Waals surface area contributed by atoms with E-state index in [2.05, 4.69) is 15.6 Å². The van der Waals surface area contributed by atoms with Gasteiger partial charge in [0.25, 0.3) is 0 Å². The van der Waals surface area contributed by atoms with Crippen LogP contribution in [0.3, 0.4) is 0 Å². The summed E-state index contributed by atoms with van der Waals surface area (Å²) in [5.74, 6) is 0.721. The van der Waals surface area contributed by atoms with Gasteiger partial charge in [0.1, 0.15) is 18.0 Å². The summed E-state index contributed by atoms with van der Waals surface area (Å²) in [4.78, 5) is 16.4. The predicted octanol–water partition coefficient (Wildman–Crippen LogP) is 0.0182. The van der Waals surface area contributed by atoms with E-state index < -0.39 is 0 Å². The zero-order valence-corrected chi connectivity index (χ0v) is 15.3. The van der Waals surface area contributed by atoms with Gasteiger partial charge in [-0.2, -0.15) is 0 Å². The predicted molar refractivity (Wildman–Crippen MR) is 93.8 cm³/mol. The molecule has 2 amide bonds. The van der Waals surface area contributed by atoms with E-state index in [1.807, 2.05) is 19.1 Å². The van der Waals surface area contributed by atoms with E-state index in [0.717, 1.165) is 11.4 Å². The molecule has 9 nitrogen and oxygen atoms in total. The summed E-state index contributed by atoms with van der Waals surface area (Å²) in [5, 5.41) is 5.73. The molecule has 3 fully saturated rings. The summed E-state index contributed by atoms with van der Waals surface area (Å²) in [6.45, 7) is 4.75. The first-order valence-corrected chi connectivity index (χ1v) is 9.26. The number of carbonyl (C=O) groups is 1. The number of nitrogens with one attached hydrogen (secondary N) is 2. The van der Waals surface area contributed by atoms with Gasteiger partial charge in [0.2, 0.25) is 0 Å². The Bertz CT molecular complexity index is 654. The fraction of sp³-hybridized carbons (Fsp3) is 0.667. The topological polar surface area (TPSA) is 100 Å². The summed E-state index contributed by atoms with van der Waals surface area (Å²) in [7, 11) is 0. The van der Waals surface area contributed by atoms with Gasteiger partial charge in [0.05, 0.1) is 50.9 Å². The largest absolute Gasteiger partial charge is 0.483 e. The van der Waals surface area contributed by atoms with Crippen LogP contribution < -0.4 is 15.4 Å². The van der Waals surface area contributed by atoms with Crippen molar-refractivity contribution in [1.82, 2.24) is 15.6 Å². The lowest BCUT2D eigenvalue weighted by molar-refractivity contribution is -0.0854. The van der Waals surface area contributed by atoms with Gasteiger partial charge >= 0.3 is 6.03 Å². The fourth-order valence-electron chi connectivity index (χ4n) is 3.53. The number of ether oxygens (including phenoxy) is 5. The van der Waals surface area contributed by atoms with Crippen molar-refractivity contribution in [3.05, 3.63) is 24.0 Å². The van der Waals surface area contributed by atoms with Crippen LogP contribution >= 0.6 is 0 Å². The monoisotopic (exact) mass is 379 g/mol. The van der Waals surface area contributed by atoms with E-state index in [9.17, 15) is 4.79 Å². The average molecular weight is 379 g/mol. The van der Waals surface area contributed by atoms with Crippen molar-refractivity contribution >= 4 is 6.03 Å². The number of urea groups is 1. The highest BCUT2D eigenvalue weighted by molar-refractivity contribution is 5.74. The molecule has 3 aliphatic rings. The van der Waals surface area contributed by atoms with Crippen LogP contribution in [0.1, 0.15) is 5.69 Å². The van der Waals surface area contributed by atoms with Crippen LogP contribution in [0.25, 0.3) is 0 Å². The van der Waals surface area contributed by atoms with E-state index >= 15 is 0 Å². The minimum atomic E-state index is -0.269. The van der Waals surface area contributed by atoms with Crippen molar-refractivity contribution in [2.75, 3.05) is 39.6 Å². The lowest BCUT2D eigenvalue weighted by Gasteiger charge is -2.24. The van der Waals surface area contributed by atoms with Crippen molar-refractivity contribution in [3.63, 3.8) is 0 Å². The van der Waals surface area contributed by atoms with Gasteiger partial charge in [-0.25, -0.2) is 4.79 Å². The van der Waals surface area contributed by atoms with Crippen LogP contribution in [-0.4, -0.2) is 81.1 Å². The Hall–Kier alpha value is -1.94. The molecular formula is C18H25N3O6. The molecule has 0 aliphatic carbocycles. The van der Waals surface area contributed by atoms with E-state index in [0.29, 0.717) is 39.6 Å². The molecule has 27 heavy (non-hydrogen) atoms. The van der Waals surface area contributed by atoms with Crippen LogP contribution in [0.15, 0.2) is 18.3 Å². The average Bonchev–Trinajstić information content (AvgIpc) is 3.26. The third-order valence-electron chi connectivity index (χ3n) is 4.94. The molecule has 3 aliphatic heterocycles. The Morgan fingerprint density at radius 2 is 2.11 bits per heavy atom. The third-order valence-corrected chi connectivity index (χ3v) is 4.94. The molecule has 1 unspecified atom stereocenters. The van der Waals surface area contributed by atoms with Gasteiger partial charge < -0.3 is 34.3 Å². The molecule has 2 N–H and O–H groups in total. The maximum Gasteiger partial charge on any atom is 0.315 e. The number of amides is 2. The Morgan fingerprint density at radius 1 is 1.22 bits per heavy atom. The van der Waals surface area contributed by atoms with Gasteiger partial charge in [-0.3, -0.25) is 4.98 Å². The number of pyridine rings is 1. The number of nitrogens with zero attached hydrogens (tertiary/aromatic N) is 1. The highest BCUT2D eigenvalue weighted by Crippen LogP contribution is 2.30. The quantitative estimate of drug-likeness (QED) is 0.744. The van der Waals surface area contributed by atoms with Crippen LogP contribution in [0.2, 0.25) is 0 Å². The summed E-state index contributed by atoms with van der Waals surface area (Å²) in [5.41, 5.74) is 0.821. The number of rotatable bonds is 5. The third kappa shape index (κ3) is 4.32. The second kappa shape index (κ2) is 8.39. The number of hydrogen-bond acceptors (Lipinski definition) is 7. The molecular weight excluding hydrogens is 354 g/mol. The molecule has 1 aromatic heterocycles. The van der Waals surface area contributed by atoms with Gasteiger partial charge in [-0.05, 0) is 19.1 Å². The van der Waals surface area contributed by atoms with Crippen LogP contribution in [-0.2, 0) is 18.9 Å². The zero-order chi connectivity index (χ0) is 18.6. The second-order valence-corrected chi connectivity index (χ2v) is 6.87.